The van der Waals surface area contributed by atoms with E-state index in [2.05, 4.69) is 12.2 Å². The van der Waals surface area contributed by atoms with Crippen LogP contribution in [0.25, 0.3) is 0 Å². The summed E-state index contributed by atoms with van der Waals surface area (Å²) in [5, 5.41) is 2.22. The number of carbonyl (C=O) groups excluding carboxylic acids is 2. The zero-order chi connectivity index (χ0) is 8.97. The molecule has 1 saturated heterocycles. The fourth-order valence-electron chi connectivity index (χ4n) is 0.847. The second-order valence-electron chi connectivity index (χ2n) is 2.58. The average Bonchev–Trinajstić information content (AvgIpc) is 2.31. The van der Waals surface area contributed by atoms with Crippen LogP contribution in [0.3, 0.4) is 0 Å². The molecule has 0 aromatic rings. The van der Waals surface area contributed by atoms with Gasteiger partial charge in [-0.2, -0.15) is 0 Å². The van der Waals surface area contributed by atoms with Crippen LogP contribution in [0.2, 0.25) is 0 Å². The second-order valence-corrected chi connectivity index (χ2v) is 3.68. The van der Waals surface area contributed by atoms with Gasteiger partial charge in [0.2, 0.25) is 5.91 Å². The van der Waals surface area contributed by atoms with Gasteiger partial charge in [0.05, 0.1) is 0 Å². The second kappa shape index (κ2) is 4.35. The van der Waals surface area contributed by atoms with Gasteiger partial charge in [0.1, 0.15) is 6.54 Å². The van der Waals surface area contributed by atoms with Crippen molar-refractivity contribution in [2.24, 2.45) is 0 Å². The molecule has 0 aromatic carbocycles. The van der Waals surface area contributed by atoms with Crippen molar-refractivity contribution >= 4 is 23.9 Å². The minimum atomic E-state index is -0.277. The van der Waals surface area contributed by atoms with Gasteiger partial charge in [-0.15, -0.1) is 0 Å². The SMILES string of the molecule is CCCCSN1CC(=O)NC1=O. The van der Waals surface area contributed by atoms with Gasteiger partial charge in [0.25, 0.3) is 0 Å². The number of rotatable bonds is 4. The van der Waals surface area contributed by atoms with Crippen molar-refractivity contribution in [1.29, 1.82) is 0 Å². The van der Waals surface area contributed by atoms with Crippen LogP contribution in [-0.4, -0.2) is 28.5 Å². The Bertz CT molecular complexity index is 196. The molecule has 4 nitrogen and oxygen atoms in total. The molecule has 1 aliphatic heterocycles. The number of unbranched alkanes of at least 4 members (excludes halogenated alkanes) is 1. The maximum Gasteiger partial charge on any atom is 0.334 e. The minimum Gasteiger partial charge on any atom is -0.276 e. The fourth-order valence-corrected chi connectivity index (χ4v) is 1.86. The van der Waals surface area contributed by atoms with Crippen molar-refractivity contribution < 1.29 is 9.59 Å². The molecule has 1 aliphatic rings. The first kappa shape index (κ1) is 9.38. The molecule has 0 unspecified atom stereocenters. The molecule has 0 atom stereocenters. The standard InChI is InChI=1S/C7H12N2O2S/c1-2-3-4-12-9-5-6(10)8-7(9)11/h2-5H2,1H3,(H,8,10,11). The molecule has 1 N–H and O–H groups in total. The molecular weight excluding hydrogens is 176 g/mol. The highest BCUT2D eigenvalue weighted by atomic mass is 32.2. The highest BCUT2D eigenvalue weighted by molar-refractivity contribution is 7.97. The molecule has 0 radical (unpaired) electrons. The van der Waals surface area contributed by atoms with Gasteiger partial charge in [-0.05, 0) is 18.4 Å². The molecule has 0 spiro atoms. The van der Waals surface area contributed by atoms with Crippen LogP contribution in [-0.2, 0) is 4.79 Å². The normalized spacial score (nSPS) is 16.9. The summed E-state index contributed by atoms with van der Waals surface area (Å²) in [7, 11) is 0. The third-order valence-electron chi connectivity index (χ3n) is 1.51. The molecule has 0 bridgehead atoms. The predicted molar refractivity (Wildman–Crippen MR) is 47.6 cm³/mol. The van der Waals surface area contributed by atoms with Crippen LogP contribution < -0.4 is 5.32 Å². The summed E-state index contributed by atoms with van der Waals surface area (Å²) in [6.45, 7) is 2.29. The lowest BCUT2D eigenvalue weighted by Gasteiger charge is -2.09. The number of nitrogens with one attached hydrogen (secondary N) is 1. The lowest BCUT2D eigenvalue weighted by Crippen LogP contribution is -2.23. The first-order valence-corrected chi connectivity index (χ1v) is 4.92. The van der Waals surface area contributed by atoms with Gasteiger partial charge < -0.3 is 0 Å². The molecule has 0 saturated carbocycles. The van der Waals surface area contributed by atoms with Crippen molar-refractivity contribution in [1.82, 2.24) is 9.62 Å². The van der Waals surface area contributed by atoms with E-state index in [1.165, 1.54) is 16.3 Å². The van der Waals surface area contributed by atoms with Crippen LogP contribution in [0.4, 0.5) is 4.79 Å². The summed E-state index contributed by atoms with van der Waals surface area (Å²) in [4.78, 5) is 21.7. The average molecular weight is 188 g/mol. The molecule has 5 heteroatoms. The van der Waals surface area contributed by atoms with E-state index in [0.717, 1.165) is 18.6 Å². The molecule has 1 heterocycles. The zero-order valence-electron chi connectivity index (χ0n) is 7.00. The number of imide groups is 1. The number of urea groups is 1. The summed E-state index contributed by atoms with van der Waals surface area (Å²) in [6.07, 6.45) is 2.18. The Labute approximate surface area is 75.8 Å². The Kier molecular flexibility index (Phi) is 3.40. The van der Waals surface area contributed by atoms with E-state index in [4.69, 9.17) is 0 Å². The van der Waals surface area contributed by atoms with E-state index in [0.29, 0.717) is 0 Å². The van der Waals surface area contributed by atoms with Gasteiger partial charge >= 0.3 is 6.03 Å². The van der Waals surface area contributed by atoms with Crippen LogP contribution in [0.5, 0.6) is 0 Å². The van der Waals surface area contributed by atoms with E-state index in [1.54, 1.807) is 0 Å². The van der Waals surface area contributed by atoms with Crippen LogP contribution in [0.15, 0.2) is 0 Å². The Morgan fingerprint density at radius 1 is 1.58 bits per heavy atom. The van der Waals surface area contributed by atoms with E-state index in [-0.39, 0.29) is 18.5 Å². The highest BCUT2D eigenvalue weighted by Gasteiger charge is 2.26. The van der Waals surface area contributed by atoms with Gasteiger partial charge in [-0.1, -0.05) is 13.3 Å². The topological polar surface area (TPSA) is 49.4 Å². The Hall–Kier alpha value is -0.710. The van der Waals surface area contributed by atoms with E-state index in [1.807, 2.05) is 0 Å². The van der Waals surface area contributed by atoms with Crippen molar-refractivity contribution in [3.63, 3.8) is 0 Å². The van der Waals surface area contributed by atoms with Crippen LogP contribution >= 0.6 is 11.9 Å². The number of hydrogen-bond acceptors (Lipinski definition) is 3. The van der Waals surface area contributed by atoms with Crippen molar-refractivity contribution in [2.45, 2.75) is 19.8 Å². The first-order valence-electron chi connectivity index (χ1n) is 3.98. The Morgan fingerprint density at radius 3 is 2.83 bits per heavy atom. The number of amides is 3. The third-order valence-corrected chi connectivity index (χ3v) is 2.58. The quantitative estimate of drug-likeness (QED) is 0.406. The molecule has 1 rings (SSSR count). The largest absolute Gasteiger partial charge is 0.334 e. The van der Waals surface area contributed by atoms with E-state index >= 15 is 0 Å². The van der Waals surface area contributed by atoms with Crippen LogP contribution in [0.1, 0.15) is 19.8 Å². The monoisotopic (exact) mass is 188 g/mol. The number of hydrogen-bond donors (Lipinski definition) is 1. The van der Waals surface area contributed by atoms with Gasteiger partial charge in [0.15, 0.2) is 0 Å². The van der Waals surface area contributed by atoms with E-state index < -0.39 is 0 Å². The third kappa shape index (κ3) is 2.41. The summed E-state index contributed by atoms with van der Waals surface area (Å²) >= 11 is 1.42. The highest BCUT2D eigenvalue weighted by Crippen LogP contribution is 2.14. The van der Waals surface area contributed by atoms with Crippen LogP contribution in [0, 0.1) is 0 Å². The zero-order valence-corrected chi connectivity index (χ0v) is 7.82. The number of carbonyl (C=O) groups is 2. The lowest BCUT2D eigenvalue weighted by molar-refractivity contribution is -0.118. The molecule has 12 heavy (non-hydrogen) atoms. The van der Waals surface area contributed by atoms with Gasteiger partial charge in [-0.3, -0.25) is 14.4 Å². The molecule has 1 fully saturated rings. The first-order chi connectivity index (χ1) is 5.74. The smallest absolute Gasteiger partial charge is 0.276 e. The Morgan fingerprint density at radius 2 is 2.33 bits per heavy atom. The molecular formula is C7H12N2O2S. The molecule has 68 valence electrons. The van der Waals surface area contributed by atoms with Crippen molar-refractivity contribution in [2.75, 3.05) is 12.3 Å². The molecule has 0 aliphatic carbocycles. The van der Waals surface area contributed by atoms with Gasteiger partial charge in [0, 0.05) is 5.75 Å². The molecule has 0 aromatic heterocycles. The fraction of sp³-hybridized carbons (Fsp3) is 0.714. The summed E-state index contributed by atoms with van der Waals surface area (Å²) in [5.41, 5.74) is 0. The summed E-state index contributed by atoms with van der Waals surface area (Å²) < 4.78 is 1.47. The van der Waals surface area contributed by atoms with Gasteiger partial charge in [-0.25, -0.2) is 4.79 Å². The van der Waals surface area contributed by atoms with Crippen molar-refractivity contribution in [3.8, 4) is 0 Å². The predicted octanol–water partition coefficient (Wildman–Crippen LogP) is 0.986. The maximum atomic E-state index is 11.0. The summed E-state index contributed by atoms with van der Waals surface area (Å²) in [6, 6.07) is -0.277. The van der Waals surface area contributed by atoms with E-state index in [9.17, 15) is 9.59 Å². The summed E-state index contributed by atoms with van der Waals surface area (Å²) in [5.74, 6) is 0.695. The Balaban J connectivity index is 2.24. The lowest BCUT2D eigenvalue weighted by atomic mass is 10.4. The number of nitrogens with zero attached hydrogens (tertiary/aromatic N) is 1. The maximum absolute atomic E-state index is 11.0. The minimum absolute atomic E-state index is 0.202. The van der Waals surface area contributed by atoms with Crippen molar-refractivity contribution in [3.05, 3.63) is 0 Å². The molecule has 3 amide bonds.